The number of carbonyl (C=O) groups excluding carboxylic acids is 1. The normalized spacial score (nSPS) is 17.4. The molecule has 3 nitrogen and oxygen atoms in total. The first-order chi connectivity index (χ1) is 9.74. The third kappa shape index (κ3) is 2.58. The average molecular weight is 286 g/mol. The van der Waals surface area contributed by atoms with Crippen molar-refractivity contribution in [1.29, 1.82) is 0 Å². The van der Waals surface area contributed by atoms with Crippen molar-refractivity contribution in [2.45, 2.75) is 6.10 Å². The van der Waals surface area contributed by atoms with Gasteiger partial charge in [-0.15, -0.1) is 0 Å². The monoisotopic (exact) mass is 285 g/mol. The molecular weight excluding hydrogens is 274 g/mol. The van der Waals surface area contributed by atoms with E-state index < -0.39 is 6.10 Å². The lowest BCUT2D eigenvalue weighted by Gasteiger charge is -2.10. The molecular formula is C16H12ClNO2. The maximum atomic E-state index is 12.3. The van der Waals surface area contributed by atoms with Crippen molar-refractivity contribution in [1.82, 2.24) is 0 Å². The van der Waals surface area contributed by atoms with E-state index in [0.29, 0.717) is 23.0 Å². The van der Waals surface area contributed by atoms with Crippen LogP contribution in [0, 0.1) is 0 Å². The number of Topliss-reactive ketones (excluding diaryl/α,β-unsaturated/α-hetero) is 1. The Labute approximate surface area is 121 Å². The van der Waals surface area contributed by atoms with Gasteiger partial charge in [0.25, 0.3) is 0 Å². The second-order valence-corrected chi connectivity index (χ2v) is 4.93. The summed E-state index contributed by atoms with van der Waals surface area (Å²) in [7, 11) is 0. The van der Waals surface area contributed by atoms with Crippen LogP contribution in [0.1, 0.15) is 15.9 Å². The van der Waals surface area contributed by atoms with Crippen molar-refractivity contribution in [2.24, 2.45) is 4.99 Å². The van der Waals surface area contributed by atoms with Gasteiger partial charge < -0.3 is 4.74 Å². The largest absolute Gasteiger partial charge is 0.464 e. The number of hydrogen-bond acceptors (Lipinski definition) is 3. The number of ketones is 1. The lowest BCUT2D eigenvalue weighted by Crippen LogP contribution is -2.24. The number of nitrogens with zero attached hydrogens (tertiary/aromatic N) is 1. The van der Waals surface area contributed by atoms with Gasteiger partial charge in [-0.05, 0) is 36.4 Å². The van der Waals surface area contributed by atoms with Gasteiger partial charge in [0.05, 0.1) is 6.54 Å². The molecule has 0 saturated heterocycles. The number of ether oxygens (including phenoxy) is 1. The molecule has 0 radical (unpaired) electrons. The zero-order chi connectivity index (χ0) is 13.9. The van der Waals surface area contributed by atoms with Crippen LogP contribution in [0.5, 0.6) is 0 Å². The Hall–Kier alpha value is -2.13. The number of benzene rings is 2. The predicted octanol–water partition coefficient (Wildman–Crippen LogP) is 3.37. The number of carbonyl (C=O) groups is 1. The number of halogens is 1. The number of hydrogen-bond donors (Lipinski definition) is 0. The van der Waals surface area contributed by atoms with E-state index >= 15 is 0 Å². The molecule has 0 fully saturated rings. The molecule has 0 aliphatic carbocycles. The second kappa shape index (κ2) is 5.47. The molecule has 1 atom stereocenters. The van der Waals surface area contributed by atoms with Crippen LogP contribution >= 0.6 is 11.6 Å². The molecule has 0 bridgehead atoms. The van der Waals surface area contributed by atoms with E-state index in [2.05, 4.69) is 4.99 Å². The first-order valence-electron chi connectivity index (χ1n) is 6.30. The standard InChI is InChI=1S/C16H12ClNO2/c17-13-8-6-11(7-9-13)15(19)14-10-18-16(20-14)12-4-2-1-3-5-12/h1-9,14H,10H2. The van der Waals surface area contributed by atoms with Crippen molar-refractivity contribution in [3.05, 3.63) is 70.7 Å². The van der Waals surface area contributed by atoms with Gasteiger partial charge in [0.1, 0.15) is 0 Å². The van der Waals surface area contributed by atoms with E-state index in [0.717, 1.165) is 5.56 Å². The molecule has 20 heavy (non-hydrogen) atoms. The fraction of sp³-hybridized carbons (Fsp3) is 0.125. The Morgan fingerprint density at radius 2 is 1.80 bits per heavy atom. The molecule has 0 spiro atoms. The SMILES string of the molecule is O=C(c1ccc(Cl)cc1)C1CN=C(c2ccccc2)O1. The topological polar surface area (TPSA) is 38.7 Å². The second-order valence-electron chi connectivity index (χ2n) is 4.49. The van der Waals surface area contributed by atoms with Crippen molar-refractivity contribution >= 4 is 23.3 Å². The summed E-state index contributed by atoms with van der Waals surface area (Å²) in [5, 5.41) is 0.607. The van der Waals surface area contributed by atoms with E-state index in [1.165, 1.54) is 0 Å². The van der Waals surface area contributed by atoms with Gasteiger partial charge in [-0.25, -0.2) is 4.99 Å². The maximum Gasteiger partial charge on any atom is 0.217 e. The Balaban J connectivity index is 1.73. The Morgan fingerprint density at radius 3 is 2.50 bits per heavy atom. The van der Waals surface area contributed by atoms with Gasteiger partial charge in [0.2, 0.25) is 11.7 Å². The fourth-order valence-corrected chi connectivity index (χ4v) is 2.18. The minimum absolute atomic E-state index is 0.0728. The Bertz CT molecular complexity index is 650. The summed E-state index contributed by atoms with van der Waals surface area (Å²) < 4.78 is 5.66. The van der Waals surface area contributed by atoms with Gasteiger partial charge in [-0.1, -0.05) is 29.8 Å². The minimum Gasteiger partial charge on any atom is -0.464 e. The average Bonchev–Trinajstić information content (AvgIpc) is 2.98. The van der Waals surface area contributed by atoms with Crippen molar-refractivity contribution < 1.29 is 9.53 Å². The molecule has 100 valence electrons. The molecule has 4 heteroatoms. The molecule has 0 amide bonds. The Morgan fingerprint density at radius 1 is 1.10 bits per heavy atom. The highest BCUT2D eigenvalue weighted by Gasteiger charge is 2.28. The maximum absolute atomic E-state index is 12.3. The molecule has 0 N–H and O–H groups in total. The highest BCUT2D eigenvalue weighted by Crippen LogP contribution is 2.17. The van der Waals surface area contributed by atoms with E-state index in [1.807, 2.05) is 30.3 Å². The lowest BCUT2D eigenvalue weighted by molar-refractivity contribution is 0.0817. The van der Waals surface area contributed by atoms with E-state index in [9.17, 15) is 4.79 Å². The summed E-state index contributed by atoms with van der Waals surface area (Å²) in [4.78, 5) is 16.6. The van der Waals surface area contributed by atoms with Crippen LogP contribution in [0.4, 0.5) is 0 Å². The summed E-state index contributed by atoms with van der Waals surface area (Å²) in [5.41, 5.74) is 1.47. The van der Waals surface area contributed by atoms with Crippen LogP contribution in [-0.4, -0.2) is 24.3 Å². The van der Waals surface area contributed by atoms with Gasteiger partial charge in [-0.2, -0.15) is 0 Å². The van der Waals surface area contributed by atoms with Crippen LogP contribution in [0.25, 0.3) is 0 Å². The van der Waals surface area contributed by atoms with Gasteiger partial charge >= 0.3 is 0 Å². The van der Waals surface area contributed by atoms with Crippen LogP contribution in [-0.2, 0) is 4.74 Å². The summed E-state index contributed by atoms with van der Waals surface area (Å²) in [5.74, 6) is 0.453. The first-order valence-corrected chi connectivity index (χ1v) is 6.68. The smallest absolute Gasteiger partial charge is 0.217 e. The Kier molecular flexibility index (Phi) is 3.52. The van der Waals surface area contributed by atoms with Crippen LogP contribution in [0.2, 0.25) is 5.02 Å². The molecule has 2 aromatic rings. The minimum atomic E-state index is -0.550. The summed E-state index contributed by atoms with van der Waals surface area (Å²) >= 11 is 5.81. The zero-order valence-corrected chi connectivity index (χ0v) is 11.4. The van der Waals surface area contributed by atoms with Gasteiger partial charge in [0, 0.05) is 16.1 Å². The molecule has 1 heterocycles. The third-order valence-corrected chi connectivity index (χ3v) is 3.35. The zero-order valence-electron chi connectivity index (χ0n) is 10.6. The third-order valence-electron chi connectivity index (χ3n) is 3.10. The van der Waals surface area contributed by atoms with Crippen LogP contribution in [0.15, 0.2) is 59.6 Å². The predicted molar refractivity (Wildman–Crippen MR) is 78.5 cm³/mol. The fourth-order valence-electron chi connectivity index (χ4n) is 2.05. The van der Waals surface area contributed by atoms with E-state index in [-0.39, 0.29) is 5.78 Å². The molecule has 3 rings (SSSR count). The highest BCUT2D eigenvalue weighted by atomic mass is 35.5. The van der Waals surface area contributed by atoms with Crippen molar-refractivity contribution in [2.75, 3.05) is 6.54 Å². The summed E-state index contributed by atoms with van der Waals surface area (Å²) in [6, 6.07) is 16.4. The summed E-state index contributed by atoms with van der Waals surface area (Å²) in [6.07, 6.45) is -0.550. The van der Waals surface area contributed by atoms with Gasteiger partial charge in [-0.3, -0.25) is 4.79 Å². The molecule has 1 aliphatic heterocycles. The molecule has 2 aromatic carbocycles. The van der Waals surface area contributed by atoms with Crippen molar-refractivity contribution in [3.63, 3.8) is 0 Å². The first kappa shape index (κ1) is 12.9. The molecule has 0 aromatic heterocycles. The highest BCUT2D eigenvalue weighted by molar-refractivity contribution is 6.30. The number of aliphatic imine (C=N–C) groups is 1. The molecule has 1 unspecified atom stereocenters. The molecule has 0 saturated carbocycles. The van der Waals surface area contributed by atoms with E-state index in [1.54, 1.807) is 24.3 Å². The van der Waals surface area contributed by atoms with Crippen LogP contribution in [0.3, 0.4) is 0 Å². The lowest BCUT2D eigenvalue weighted by atomic mass is 10.1. The summed E-state index contributed by atoms with van der Waals surface area (Å²) in [6.45, 7) is 0.353. The molecule has 1 aliphatic rings. The number of rotatable bonds is 3. The van der Waals surface area contributed by atoms with E-state index in [4.69, 9.17) is 16.3 Å². The quantitative estimate of drug-likeness (QED) is 0.811. The van der Waals surface area contributed by atoms with Gasteiger partial charge in [0.15, 0.2) is 6.10 Å². The van der Waals surface area contributed by atoms with Crippen LogP contribution < -0.4 is 0 Å². The van der Waals surface area contributed by atoms with Crippen molar-refractivity contribution in [3.8, 4) is 0 Å².